The van der Waals surface area contributed by atoms with Crippen molar-refractivity contribution in [3.05, 3.63) is 36.0 Å². The number of hydrogen-bond donors (Lipinski definition) is 2. The molecule has 0 aliphatic carbocycles. The fraction of sp³-hybridized carbons (Fsp3) is 0.471. The molecule has 1 aliphatic heterocycles. The smallest absolute Gasteiger partial charge is 0.256 e. The van der Waals surface area contributed by atoms with Gasteiger partial charge in [0.25, 0.3) is 5.91 Å². The van der Waals surface area contributed by atoms with Crippen molar-refractivity contribution in [1.82, 2.24) is 14.8 Å². The monoisotopic (exact) mass is 317 g/mol. The van der Waals surface area contributed by atoms with E-state index in [1.807, 2.05) is 30.5 Å². The summed E-state index contributed by atoms with van der Waals surface area (Å²) in [4.78, 5) is 20.0. The van der Waals surface area contributed by atoms with Crippen LogP contribution in [0.5, 0.6) is 0 Å². The van der Waals surface area contributed by atoms with Crippen molar-refractivity contribution >= 4 is 16.8 Å². The Balaban J connectivity index is 1.71. The molecule has 6 heteroatoms. The number of hydrogen-bond acceptors (Lipinski definition) is 4. The van der Waals surface area contributed by atoms with Gasteiger partial charge in [-0.05, 0) is 12.1 Å². The van der Waals surface area contributed by atoms with Crippen molar-refractivity contribution < 1.29 is 14.6 Å². The lowest BCUT2D eigenvalue weighted by molar-refractivity contribution is 0.0315. The van der Waals surface area contributed by atoms with Crippen LogP contribution in [-0.2, 0) is 4.74 Å². The predicted molar refractivity (Wildman–Crippen MR) is 88.5 cm³/mol. The lowest BCUT2D eigenvalue weighted by Crippen LogP contribution is -2.44. The molecule has 1 aromatic heterocycles. The van der Waals surface area contributed by atoms with Crippen LogP contribution >= 0.6 is 0 Å². The maximum absolute atomic E-state index is 12.9. The number of aromatic nitrogens is 1. The Morgan fingerprint density at radius 1 is 1.26 bits per heavy atom. The van der Waals surface area contributed by atoms with Crippen molar-refractivity contribution in [2.45, 2.75) is 0 Å². The average molecular weight is 317 g/mol. The molecule has 0 atom stereocenters. The number of para-hydroxylation sites is 1. The average Bonchev–Trinajstić information content (AvgIpc) is 3.07. The summed E-state index contributed by atoms with van der Waals surface area (Å²) in [6.45, 7) is 5.01. The topological polar surface area (TPSA) is 68.8 Å². The van der Waals surface area contributed by atoms with Crippen molar-refractivity contribution in [2.75, 3.05) is 52.5 Å². The number of aromatic amines is 1. The van der Waals surface area contributed by atoms with E-state index in [-0.39, 0.29) is 12.5 Å². The number of carbonyl (C=O) groups excluding carboxylic acids is 1. The summed E-state index contributed by atoms with van der Waals surface area (Å²) in [7, 11) is 0. The van der Waals surface area contributed by atoms with Gasteiger partial charge in [-0.3, -0.25) is 9.69 Å². The fourth-order valence-electron chi connectivity index (χ4n) is 2.96. The van der Waals surface area contributed by atoms with E-state index in [1.54, 1.807) is 4.90 Å². The number of fused-ring (bicyclic) bond motifs is 1. The molecule has 23 heavy (non-hydrogen) atoms. The number of nitrogens with zero attached hydrogens (tertiary/aromatic N) is 2. The Hall–Kier alpha value is -1.89. The predicted octanol–water partition coefficient (Wildman–Crippen LogP) is 0.935. The lowest BCUT2D eigenvalue weighted by Gasteiger charge is -2.30. The molecule has 6 nitrogen and oxygen atoms in total. The minimum absolute atomic E-state index is 0.0322. The zero-order valence-electron chi connectivity index (χ0n) is 13.2. The molecule has 124 valence electrons. The normalized spacial score (nSPS) is 15.9. The first-order valence-electron chi connectivity index (χ1n) is 8.06. The van der Waals surface area contributed by atoms with Crippen molar-refractivity contribution in [3.63, 3.8) is 0 Å². The Morgan fingerprint density at radius 3 is 2.87 bits per heavy atom. The number of H-pyrrole nitrogens is 1. The highest BCUT2D eigenvalue weighted by molar-refractivity contribution is 6.05. The number of benzene rings is 1. The van der Waals surface area contributed by atoms with E-state index in [4.69, 9.17) is 4.74 Å². The minimum Gasteiger partial charge on any atom is -0.395 e. The summed E-state index contributed by atoms with van der Waals surface area (Å²) < 4.78 is 5.34. The van der Waals surface area contributed by atoms with Crippen LogP contribution in [0.25, 0.3) is 10.9 Å². The van der Waals surface area contributed by atoms with Crippen LogP contribution in [0, 0.1) is 0 Å². The van der Waals surface area contributed by atoms with Gasteiger partial charge in [-0.2, -0.15) is 0 Å². The second kappa shape index (κ2) is 7.59. The largest absolute Gasteiger partial charge is 0.395 e. The quantitative estimate of drug-likeness (QED) is 0.832. The third-order valence-corrected chi connectivity index (χ3v) is 4.26. The molecule has 2 N–H and O–H groups in total. The molecule has 2 aromatic rings. The second-order valence-corrected chi connectivity index (χ2v) is 5.72. The fourth-order valence-corrected chi connectivity index (χ4v) is 2.96. The first-order chi connectivity index (χ1) is 11.3. The highest BCUT2D eigenvalue weighted by atomic mass is 16.5. The van der Waals surface area contributed by atoms with Crippen LogP contribution in [-0.4, -0.2) is 78.3 Å². The molecule has 1 aromatic carbocycles. The number of nitrogens with one attached hydrogen (secondary N) is 1. The first-order valence-corrected chi connectivity index (χ1v) is 8.06. The van der Waals surface area contributed by atoms with E-state index >= 15 is 0 Å². The van der Waals surface area contributed by atoms with Gasteiger partial charge in [0.2, 0.25) is 0 Å². The number of morpholine rings is 1. The second-order valence-electron chi connectivity index (χ2n) is 5.72. The lowest BCUT2D eigenvalue weighted by atomic mass is 10.1. The van der Waals surface area contributed by atoms with Crippen molar-refractivity contribution in [2.24, 2.45) is 0 Å². The SMILES string of the molecule is O=C(c1cccc2cc[nH]c12)N(CCO)CCN1CCOCC1. The highest BCUT2D eigenvalue weighted by Crippen LogP contribution is 2.18. The van der Waals surface area contributed by atoms with Crippen LogP contribution in [0.1, 0.15) is 10.4 Å². The summed E-state index contributed by atoms with van der Waals surface area (Å²) in [5.74, 6) is -0.0413. The molecule has 2 heterocycles. The minimum atomic E-state index is -0.0413. The third-order valence-electron chi connectivity index (χ3n) is 4.26. The number of carbonyl (C=O) groups is 1. The molecule has 0 unspecified atom stereocenters. The van der Waals surface area contributed by atoms with E-state index in [2.05, 4.69) is 9.88 Å². The maximum atomic E-state index is 12.9. The Labute approximate surface area is 135 Å². The van der Waals surface area contributed by atoms with Gasteiger partial charge in [0.15, 0.2) is 0 Å². The van der Waals surface area contributed by atoms with Crippen molar-refractivity contribution in [1.29, 1.82) is 0 Å². The van der Waals surface area contributed by atoms with Crippen LogP contribution in [0.2, 0.25) is 0 Å². The summed E-state index contributed by atoms with van der Waals surface area (Å²) >= 11 is 0. The number of ether oxygens (including phenoxy) is 1. The summed E-state index contributed by atoms with van der Waals surface area (Å²) in [6, 6.07) is 7.66. The molecule has 1 amide bonds. The zero-order chi connectivity index (χ0) is 16.1. The molecule has 0 spiro atoms. The van der Waals surface area contributed by atoms with Gasteiger partial charge in [-0.15, -0.1) is 0 Å². The number of aliphatic hydroxyl groups is 1. The summed E-state index contributed by atoms with van der Waals surface area (Å²) in [5.41, 5.74) is 1.51. The van der Waals surface area contributed by atoms with Gasteiger partial charge < -0.3 is 19.7 Å². The molecule has 3 rings (SSSR count). The van der Waals surface area contributed by atoms with Crippen LogP contribution in [0.3, 0.4) is 0 Å². The molecule has 1 aliphatic rings. The first kappa shape index (κ1) is 16.0. The maximum Gasteiger partial charge on any atom is 0.256 e. The molecule has 0 saturated carbocycles. The zero-order valence-corrected chi connectivity index (χ0v) is 13.2. The number of rotatable bonds is 6. The van der Waals surface area contributed by atoms with Gasteiger partial charge in [0.1, 0.15) is 0 Å². The van der Waals surface area contributed by atoms with Crippen LogP contribution in [0.4, 0.5) is 0 Å². The van der Waals surface area contributed by atoms with Gasteiger partial charge >= 0.3 is 0 Å². The van der Waals surface area contributed by atoms with Gasteiger partial charge in [-0.25, -0.2) is 0 Å². The molecular formula is C17H23N3O3. The van der Waals surface area contributed by atoms with E-state index in [0.717, 1.165) is 43.8 Å². The highest BCUT2D eigenvalue weighted by Gasteiger charge is 2.19. The van der Waals surface area contributed by atoms with E-state index in [1.165, 1.54) is 0 Å². The Morgan fingerprint density at radius 2 is 2.09 bits per heavy atom. The van der Waals surface area contributed by atoms with Crippen LogP contribution in [0.15, 0.2) is 30.5 Å². The number of aliphatic hydroxyl groups excluding tert-OH is 1. The van der Waals surface area contributed by atoms with E-state index in [9.17, 15) is 9.90 Å². The summed E-state index contributed by atoms with van der Waals surface area (Å²) in [5, 5.41) is 10.3. The van der Waals surface area contributed by atoms with Gasteiger partial charge in [-0.1, -0.05) is 12.1 Å². The van der Waals surface area contributed by atoms with Crippen LogP contribution < -0.4 is 0 Å². The molecule has 0 radical (unpaired) electrons. The molecule has 0 bridgehead atoms. The number of amides is 1. The third kappa shape index (κ3) is 3.72. The van der Waals surface area contributed by atoms with E-state index < -0.39 is 0 Å². The standard InChI is InChI=1S/C17H23N3O3/c21-11-8-20(7-6-19-9-12-23-13-10-19)17(22)15-3-1-2-14-4-5-18-16(14)15/h1-5,18,21H,6-13H2. The Bertz CT molecular complexity index is 649. The molecule has 1 saturated heterocycles. The van der Waals surface area contributed by atoms with Crippen molar-refractivity contribution in [3.8, 4) is 0 Å². The molecular weight excluding hydrogens is 294 g/mol. The Kier molecular flexibility index (Phi) is 5.27. The van der Waals surface area contributed by atoms with E-state index in [0.29, 0.717) is 18.7 Å². The van der Waals surface area contributed by atoms with Gasteiger partial charge in [0, 0.05) is 44.3 Å². The van der Waals surface area contributed by atoms with Gasteiger partial charge in [0.05, 0.1) is 30.9 Å². The molecule has 1 fully saturated rings. The summed E-state index contributed by atoms with van der Waals surface area (Å²) in [6.07, 6.45) is 1.84.